The maximum absolute atomic E-state index is 12.2. The largest absolute Gasteiger partial charge is 0.452 e. The number of nitrogens with one attached hydrogen (secondary N) is 1. The summed E-state index contributed by atoms with van der Waals surface area (Å²) < 4.78 is 6.76. The summed E-state index contributed by atoms with van der Waals surface area (Å²) in [6.07, 6.45) is 1.83. The molecule has 8 heteroatoms. The minimum Gasteiger partial charge on any atom is -0.452 e. The molecule has 0 spiro atoms. The van der Waals surface area contributed by atoms with E-state index in [0.29, 0.717) is 10.6 Å². The van der Waals surface area contributed by atoms with E-state index in [0.717, 1.165) is 29.9 Å². The van der Waals surface area contributed by atoms with E-state index in [-0.39, 0.29) is 5.92 Å². The van der Waals surface area contributed by atoms with Crippen LogP contribution < -0.4 is 5.32 Å². The quantitative estimate of drug-likeness (QED) is 0.751. The van der Waals surface area contributed by atoms with Gasteiger partial charge in [0.05, 0.1) is 33.7 Å². The van der Waals surface area contributed by atoms with E-state index in [4.69, 9.17) is 16.3 Å². The summed E-state index contributed by atoms with van der Waals surface area (Å²) in [5, 5.41) is 16.9. The smallest absolute Gasteiger partial charge is 0.338 e. The fourth-order valence-corrected chi connectivity index (χ4v) is 3.15. The van der Waals surface area contributed by atoms with Crippen molar-refractivity contribution in [1.82, 2.24) is 15.1 Å². The second-order valence-corrected chi connectivity index (χ2v) is 7.53. The van der Waals surface area contributed by atoms with Gasteiger partial charge in [0.15, 0.2) is 6.61 Å². The molecule has 1 aliphatic carbocycles. The van der Waals surface area contributed by atoms with Gasteiger partial charge in [-0.3, -0.25) is 4.79 Å². The molecule has 3 rings (SSSR count). The van der Waals surface area contributed by atoms with E-state index in [1.165, 1.54) is 0 Å². The van der Waals surface area contributed by atoms with Crippen LogP contribution in [0, 0.1) is 31.1 Å². The van der Waals surface area contributed by atoms with Gasteiger partial charge in [0, 0.05) is 0 Å². The third-order valence-corrected chi connectivity index (χ3v) is 5.46. The van der Waals surface area contributed by atoms with Gasteiger partial charge in [-0.05, 0) is 63.8 Å². The first-order valence-corrected chi connectivity index (χ1v) is 9.34. The molecule has 0 aliphatic heterocycles. The van der Waals surface area contributed by atoms with E-state index < -0.39 is 24.0 Å². The first-order valence-electron chi connectivity index (χ1n) is 8.96. The molecule has 1 saturated carbocycles. The Balaban J connectivity index is 1.60. The molecule has 0 saturated heterocycles. The van der Waals surface area contributed by atoms with Crippen molar-refractivity contribution < 1.29 is 14.3 Å². The summed E-state index contributed by atoms with van der Waals surface area (Å²) in [7, 11) is 0. The number of hydrogen-bond acceptors (Lipinski definition) is 5. The number of amides is 1. The van der Waals surface area contributed by atoms with Gasteiger partial charge in [0.2, 0.25) is 0 Å². The minimum atomic E-state index is -0.911. The number of benzene rings is 1. The molecule has 1 unspecified atom stereocenters. The molecule has 2 aromatic rings. The molecule has 7 nitrogen and oxygen atoms in total. The SMILES string of the molecule is Cc1nn(-c2ccc(C(=O)OCC(=O)NC(C)(C#N)C3CC3)cc2)c(C)c1Cl. The predicted octanol–water partition coefficient (Wildman–Crippen LogP) is 3.11. The molecule has 1 aliphatic rings. The zero-order valence-corrected chi connectivity index (χ0v) is 16.7. The Hall–Kier alpha value is -2.85. The van der Waals surface area contributed by atoms with Gasteiger partial charge in [0.25, 0.3) is 5.91 Å². The van der Waals surface area contributed by atoms with Crippen LogP contribution in [0.25, 0.3) is 5.69 Å². The zero-order chi connectivity index (χ0) is 20.5. The van der Waals surface area contributed by atoms with Crippen molar-refractivity contribution >= 4 is 23.5 Å². The summed E-state index contributed by atoms with van der Waals surface area (Å²) in [5.41, 5.74) is 1.70. The van der Waals surface area contributed by atoms with Crippen LogP contribution in [-0.2, 0) is 9.53 Å². The Bertz CT molecular complexity index is 957. The van der Waals surface area contributed by atoms with Crippen LogP contribution in [0.1, 0.15) is 41.5 Å². The monoisotopic (exact) mass is 400 g/mol. The average Bonchev–Trinajstić information content (AvgIpc) is 3.51. The lowest BCUT2D eigenvalue weighted by atomic mass is 9.98. The molecule has 1 aromatic heterocycles. The van der Waals surface area contributed by atoms with Crippen LogP contribution in [-0.4, -0.2) is 33.8 Å². The third kappa shape index (κ3) is 4.02. The number of aromatic nitrogens is 2. The highest BCUT2D eigenvalue weighted by molar-refractivity contribution is 6.31. The second kappa shape index (κ2) is 7.64. The molecule has 0 bridgehead atoms. The lowest BCUT2D eigenvalue weighted by Crippen LogP contribution is -2.48. The molecule has 1 aromatic carbocycles. The van der Waals surface area contributed by atoms with E-state index >= 15 is 0 Å². The zero-order valence-electron chi connectivity index (χ0n) is 16.0. The first kappa shape index (κ1) is 19.9. The third-order valence-electron chi connectivity index (χ3n) is 4.91. The van der Waals surface area contributed by atoms with Crippen molar-refractivity contribution in [2.75, 3.05) is 6.61 Å². The van der Waals surface area contributed by atoms with Crippen molar-refractivity contribution in [3.63, 3.8) is 0 Å². The van der Waals surface area contributed by atoms with Gasteiger partial charge in [-0.25, -0.2) is 9.48 Å². The molecule has 0 radical (unpaired) electrons. The standard InChI is InChI=1S/C20H21ClN4O3/c1-12-18(21)13(2)25(24-12)16-8-4-14(5-9-16)19(27)28-10-17(26)23-20(3,11-22)15-6-7-15/h4-5,8-9,15H,6-7,10H2,1-3H3,(H,23,26). The van der Waals surface area contributed by atoms with E-state index in [9.17, 15) is 14.9 Å². The molecule has 146 valence electrons. The van der Waals surface area contributed by atoms with E-state index in [1.807, 2.05) is 13.8 Å². The number of aryl methyl sites for hydroxylation is 1. The first-order chi connectivity index (χ1) is 13.2. The van der Waals surface area contributed by atoms with Gasteiger partial charge in [0.1, 0.15) is 5.54 Å². The van der Waals surface area contributed by atoms with Gasteiger partial charge in [-0.1, -0.05) is 11.6 Å². The predicted molar refractivity (Wildman–Crippen MR) is 103 cm³/mol. The maximum atomic E-state index is 12.2. The highest BCUT2D eigenvalue weighted by Gasteiger charge is 2.43. The number of ether oxygens (including phenoxy) is 1. The van der Waals surface area contributed by atoms with Crippen LogP contribution in [0.2, 0.25) is 5.02 Å². The van der Waals surface area contributed by atoms with Gasteiger partial charge in [-0.2, -0.15) is 10.4 Å². The van der Waals surface area contributed by atoms with E-state index in [2.05, 4.69) is 16.5 Å². The van der Waals surface area contributed by atoms with Gasteiger partial charge in [-0.15, -0.1) is 0 Å². The van der Waals surface area contributed by atoms with Gasteiger partial charge < -0.3 is 10.1 Å². The van der Waals surface area contributed by atoms with Crippen LogP contribution in [0.4, 0.5) is 0 Å². The summed E-state index contributed by atoms with van der Waals surface area (Å²) in [6, 6.07) is 8.79. The highest BCUT2D eigenvalue weighted by atomic mass is 35.5. The minimum absolute atomic E-state index is 0.160. The summed E-state index contributed by atoms with van der Waals surface area (Å²) in [4.78, 5) is 24.2. The Kier molecular flexibility index (Phi) is 5.43. The number of nitriles is 1. The van der Waals surface area contributed by atoms with Crippen molar-refractivity contribution in [3.05, 3.63) is 46.2 Å². The molecular formula is C20H21ClN4O3. The number of carbonyl (C=O) groups excluding carboxylic acids is 2. The Morgan fingerprint density at radius 3 is 2.50 bits per heavy atom. The highest BCUT2D eigenvalue weighted by Crippen LogP contribution is 2.39. The molecular weight excluding hydrogens is 380 g/mol. The summed E-state index contributed by atoms with van der Waals surface area (Å²) in [5.74, 6) is -0.941. The molecule has 28 heavy (non-hydrogen) atoms. The molecule has 1 heterocycles. The maximum Gasteiger partial charge on any atom is 0.338 e. The fourth-order valence-electron chi connectivity index (χ4n) is 3.04. The molecule has 1 N–H and O–H groups in total. The van der Waals surface area contributed by atoms with Crippen LogP contribution in [0.15, 0.2) is 24.3 Å². The van der Waals surface area contributed by atoms with Crippen molar-refractivity contribution in [2.45, 2.75) is 39.2 Å². The molecule has 1 atom stereocenters. The number of esters is 1. The fraction of sp³-hybridized carbons (Fsp3) is 0.400. The number of rotatable bonds is 6. The number of halogens is 1. The van der Waals surface area contributed by atoms with Crippen molar-refractivity contribution in [2.24, 2.45) is 5.92 Å². The van der Waals surface area contributed by atoms with Crippen molar-refractivity contribution in [3.8, 4) is 11.8 Å². The molecule has 1 fully saturated rings. The lowest BCUT2D eigenvalue weighted by molar-refractivity contribution is -0.125. The molecule has 1 amide bonds. The Labute approximate surface area is 168 Å². The Morgan fingerprint density at radius 1 is 1.36 bits per heavy atom. The number of hydrogen-bond donors (Lipinski definition) is 1. The summed E-state index contributed by atoms with van der Waals surface area (Å²) in [6.45, 7) is 4.94. The van der Waals surface area contributed by atoms with Gasteiger partial charge >= 0.3 is 5.97 Å². The number of nitrogens with zero attached hydrogens (tertiary/aromatic N) is 3. The Morgan fingerprint density at radius 2 is 2.00 bits per heavy atom. The lowest BCUT2D eigenvalue weighted by Gasteiger charge is -2.22. The number of carbonyl (C=O) groups is 2. The summed E-state index contributed by atoms with van der Waals surface area (Å²) >= 11 is 6.17. The van der Waals surface area contributed by atoms with Crippen LogP contribution >= 0.6 is 11.6 Å². The van der Waals surface area contributed by atoms with Crippen LogP contribution in [0.3, 0.4) is 0 Å². The van der Waals surface area contributed by atoms with Crippen LogP contribution in [0.5, 0.6) is 0 Å². The topological polar surface area (TPSA) is 97.0 Å². The van der Waals surface area contributed by atoms with E-state index in [1.54, 1.807) is 35.9 Å². The average molecular weight is 401 g/mol. The second-order valence-electron chi connectivity index (χ2n) is 7.16. The van der Waals surface area contributed by atoms with Crippen molar-refractivity contribution in [1.29, 1.82) is 5.26 Å². The normalized spacial score (nSPS) is 15.4.